The Kier molecular flexibility index (Phi) is 6.54. The van der Waals surface area contributed by atoms with Gasteiger partial charge in [0.25, 0.3) is 5.91 Å². The monoisotopic (exact) mass is 471 g/mol. The number of halogens is 1. The van der Waals surface area contributed by atoms with Crippen LogP contribution in [0.3, 0.4) is 0 Å². The van der Waals surface area contributed by atoms with E-state index in [0.717, 1.165) is 35.6 Å². The number of rotatable bonds is 6. The van der Waals surface area contributed by atoms with Crippen LogP contribution in [-0.4, -0.2) is 47.0 Å². The Labute approximate surface area is 203 Å². The number of ether oxygens (including phenoxy) is 1. The number of carbonyl (C=O) groups is 1. The Morgan fingerprint density at radius 2 is 1.89 bits per heavy atom. The fraction of sp³-hybridized carbons (Fsp3) is 0.222. The number of aromatic nitrogens is 3. The lowest BCUT2D eigenvalue weighted by atomic mass is 10.1. The van der Waals surface area contributed by atoms with E-state index in [1.165, 1.54) is 12.1 Å². The number of nitrogens with one attached hydrogen (secondary N) is 1. The summed E-state index contributed by atoms with van der Waals surface area (Å²) in [6.45, 7) is 5.31. The molecule has 35 heavy (non-hydrogen) atoms. The predicted molar refractivity (Wildman–Crippen MR) is 132 cm³/mol. The molecule has 0 bridgehead atoms. The smallest absolute Gasteiger partial charge is 0.255 e. The van der Waals surface area contributed by atoms with Gasteiger partial charge >= 0.3 is 0 Å². The van der Waals surface area contributed by atoms with E-state index in [4.69, 9.17) is 4.74 Å². The van der Waals surface area contributed by atoms with Gasteiger partial charge in [0.05, 0.1) is 24.5 Å². The summed E-state index contributed by atoms with van der Waals surface area (Å²) in [5.74, 6) is 0.316. The summed E-state index contributed by atoms with van der Waals surface area (Å²) in [4.78, 5) is 20.0. The van der Waals surface area contributed by atoms with E-state index in [9.17, 15) is 9.18 Å². The van der Waals surface area contributed by atoms with Crippen LogP contribution >= 0.6 is 0 Å². The molecule has 0 radical (unpaired) electrons. The van der Waals surface area contributed by atoms with Gasteiger partial charge in [0.1, 0.15) is 17.3 Å². The second-order valence-corrected chi connectivity index (χ2v) is 8.49. The molecule has 0 aliphatic carbocycles. The molecule has 178 valence electrons. The number of morpholine rings is 1. The summed E-state index contributed by atoms with van der Waals surface area (Å²) in [5, 5.41) is 7.70. The minimum atomic E-state index is -0.327. The summed E-state index contributed by atoms with van der Waals surface area (Å²) in [6, 6.07) is 17.8. The summed E-state index contributed by atoms with van der Waals surface area (Å²) < 4.78 is 20.5. The van der Waals surface area contributed by atoms with Crippen molar-refractivity contribution in [3.05, 3.63) is 95.6 Å². The number of benzene rings is 2. The molecule has 2 aromatic carbocycles. The van der Waals surface area contributed by atoms with Crippen molar-refractivity contribution in [3.8, 4) is 16.9 Å². The van der Waals surface area contributed by atoms with Crippen molar-refractivity contribution in [2.75, 3.05) is 31.2 Å². The van der Waals surface area contributed by atoms with Crippen molar-refractivity contribution < 1.29 is 13.9 Å². The first kappa shape index (κ1) is 22.7. The van der Waals surface area contributed by atoms with E-state index in [-0.39, 0.29) is 11.7 Å². The molecule has 0 saturated carbocycles. The van der Waals surface area contributed by atoms with Gasteiger partial charge in [0.15, 0.2) is 0 Å². The topological polar surface area (TPSA) is 72.3 Å². The molecular weight excluding hydrogens is 445 g/mol. The highest BCUT2D eigenvalue weighted by Crippen LogP contribution is 2.25. The fourth-order valence-corrected chi connectivity index (χ4v) is 4.09. The minimum absolute atomic E-state index is 0.236. The summed E-state index contributed by atoms with van der Waals surface area (Å²) in [7, 11) is 0. The zero-order valence-electron chi connectivity index (χ0n) is 19.4. The molecule has 1 saturated heterocycles. The molecule has 0 atom stereocenters. The molecule has 5 rings (SSSR count). The van der Waals surface area contributed by atoms with E-state index in [1.807, 2.05) is 43.3 Å². The van der Waals surface area contributed by atoms with E-state index in [0.29, 0.717) is 36.7 Å². The molecule has 1 aliphatic heterocycles. The second kappa shape index (κ2) is 10.1. The standard InChI is InChI=1S/C27H26FN5O2/c1-19-3-2-4-21(15-19)26-24(18-33(31-26)23-7-5-22(28)6-8-23)27(34)30-17-20-9-10-29-25(16-20)32-11-13-35-14-12-32/h2-10,15-16,18H,11-14,17H2,1H3,(H,30,34). The first-order chi connectivity index (χ1) is 17.1. The highest BCUT2D eigenvalue weighted by molar-refractivity contribution is 6.00. The molecule has 1 amide bonds. The van der Waals surface area contributed by atoms with E-state index >= 15 is 0 Å². The third-order valence-electron chi connectivity index (χ3n) is 5.94. The maximum atomic E-state index is 13.4. The van der Waals surface area contributed by atoms with Crippen LogP contribution in [0, 0.1) is 12.7 Å². The Morgan fingerprint density at radius 1 is 1.09 bits per heavy atom. The van der Waals surface area contributed by atoms with Gasteiger partial charge in [0.2, 0.25) is 0 Å². The number of aryl methyl sites for hydroxylation is 1. The van der Waals surface area contributed by atoms with Gasteiger partial charge in [-0.2, -0.15) is 5.10 Å². The number of pyridine rings is 1. The van der Waals surface area contributed by atoms with E-state index < -0.39 is 0 Å². The number of hydrogen-bond donors (Lipinski definition) is 1. The Balaban J connectivity index is 1.40. The lowest BCUT2D eigenvalue weighted by Crippen LogP contribution is -2.36. The number of hydrogen-bond acceptors (Lipinski definition) is 5. The van der Waals surface area contributed by atoms with E-state index in [2.05, 4.69) is 20.3 Å². The first-order valence-corrected chi connectivity index (χ1v) is 11.6. The molecule has 3 heterocycles. The average molecular weight is 472 g/mol. The van der Waals surface area contributed by atoms with E-state index in [1.54, 1.807) is 29.2 Å². The van der Waals surface area contributed by atoms with Crippen LogP contribution < -0.4 is 10.2 Å². The maximum absolute atomic E-state index is 13.4. The van der Waals surface area contributed by atoms with Gasteiger partial charge < -0.3 is 15.0 Å². The Bertz CT molecular complexity index is 1330. The molecule has 1 aliphatic rings. The minimum Gasteiger partial charge on any atom is -0.378 e. The molecule has 4 aromatic rings. The van der Waals surface area contributed by atoms with Gasteiger partial charge in [0, 0.05) is 37.6 Å². The van der Waals surface area contributed by atoms with Crippen LogP contribution in [0.1, 0.15) is 21.5 Å². The van der Waals surface area contributed by atoms with Crippen LogP contribution in [-0.2, 0) is 11.3 Å². The molecule has 1 fully saturated rings. The normalized spacial score (nSPS) is 13.6. The average Bonchev–Trinajstić information content (AvgIpc) is 3.34. The van der Waals surface area contributed by atoms with Crippen LogP contribution in [0.2, 0.25) is 0 Å². The molecule has 0 unspecified atom stereocenters. The van der Waals surface area contributed by atoms with Crippen LogP contribution in [0.4, 0.5) is 10.2 Å². The molecule has 8 heteroatoms. The van der Waals surface area contributed by atoms with Crippen LogP contribution in [0.5, 0.6) is 0 Å². The largest absolute Gasteiger partial charge is 0.378 e. The number of carbonyl (C=O) groups excluding carboxylic acids is 1. The second-order valence-electron chi connectivity index (χ2n) is 8.49. The SMILES string of the molecule is Cc1cccc(-c2nn(-c3ccc(F)cc3)cc2C(=O)NCc2ccnc(N3CCOCC3)c2)c1. The highest BCUT2D eigenvalue weighted by Gasteiger charge is 2.19. The van der Waals surface area contributed by atoms with Gasteiger partial charge in [-0.05, 0) is 55.0 Å². The number of nitrogens with zero attached hydrogens (tertiary/aromatic N) is 4. The van der Waals surface area contributed by atoms with Crippen molar-refractivity contribution in [3.63, 3.8) is 0 Å². The van der Waals surface area contributed by atoms with Gasteiger partial charge in [-0.15, -0.1) is 0 Å². The Morgan fingerprint density at radius 3 is 2.66 bits per heavy atom. The first-order valence-electron chi connectivity index (χ1n) is 11.6. The van der Waals surface area contributed by atoms with Crippen molar-refractivity contribution in [2.24, 2.45) is 0 Å². The molecule has 7 nitrogen and oxygen atoms in total. The zero-order valence-corrected chi connectivity index (χ0v) is 19.4. The van der Waals surface area contributed by atoms with Crippen LogP contribution in [0.15, 0.2) is 73.1 Å². The molecule has 1 N–H and O–H groups in total. The molecule has 0 spiro atoms. The fourth-order valence-electron chi connectivity index (χ4n) is 4.09. The van der Waals surface area contributed by atoms with Gasteiger partial charge in [-0.3, -0.25) is 4.79 Å². The predicted octanol–water partition coefficient (Wildman–Crippen LogP) is 4.15. The van der Waals surface area contributed by atoms with Gasteiger partial charge in [-0.1, -0.05) is 23.8 Å². The quantitative estimate of drug-likeness (QED) is 0.458. The third-order valence-corrected chi connectivity index (χ3v) is 5.94. The lowest BCUT2D eigenvalue weighted by Gasteiger charge is -2.28. The maximum Gasteiger partial charge on any atom is 0.255 e. The van der Waals surface area contributed by atoms with Crippen molar-refractivity contribution >= 4 is 11.7 Å². The van der Waals surface area contributed by atoms with Crippen LogP contribution in [0.25, 0.3) is 16.9 Å². The van der Waals surface area contributed by atoms with Crippen molar-refractivity contribution in [2.45, 2.75) is 13.5 Å². The summed E-state index contributed by atoms with van der Waals surface area (Å²) in [5.41, 5.74) is 4.55. The molecular formula is C27H26FN5O2. The number of amides is 1. The summed E-state index contributed by atoms with van der Waals surface area (Å²) in [6.07, 6.45) is 3.45. The zero-order chi connectivity index (χ0) is 24.2. The van der Waals surface area contributed by atoms with Crippen molar-refractivity contribution in [1.82, 2.24) is 20.1 Å². The van der Waals surface area contributed by atoms with Crippen molar-refractivity contribution in [1.29, 1.82) is 0 Å². The van der Waals surface area contributed by atoms with Gasteiger partial charge in [-0.25, -0.2) is 14.1 Å². The molecule has 2 aromatic heterocycles. The summed E-state index contributed by atoms with van der Waals surface area (Å²) >= 11 is 0. The third kappa shape index (κ3) is 5.22. The Hall–Kier alpha value is -4.04. The number of anilines is 1. The lowest BCUT2D eigenvalue weighted by molar-refractivity contribution is 0.0951. The highest BCUT2D eigenvalue weighted by atomic mass is 19.1.